The van der Waals surface area contributed by atoms with Crippen LogP contribution in [0.25, 0.3) is 0 Å². The summed E-state index contributed by atoms with van der Waals surface area (Å²) in [6.07, 6.45) is 0.130. The SMILES string of the molecule is CC1=NN(c2ccccc2C)C(O)C1. The third-order valence-electron chi connectivity index (χ3n) is 2.40. The van der Waals surface area contributed by atoms with Crippen LogP contribution < -0.4 is 5.01 Å². The zero-order chi connectivity index (χ0) is 10.1. The van der Waals surface area contributed by atoms with Crippen LogP contribution >= 0.6 is 0 Å². The van der Waals surface area contributed by atoms with Crippen LogP contribution in [-0.2, 0) is 0 Å². The van der Waals surface area contributed by atoms with Crippen LogP contribution in [0.2, 0.25) is 0 Å². The maximum Gasteiger partial charge on any atom is 0.152 e. The first kappa shape index (κ1) is 9.21. The lowest BCUT2D eigenvalue weighted by Crippen LogP contribution is -2.26. The Morgan fingerprint density at radius 2 is 2.07 bits per heavy atom. The molecule has 0 fully saturated rings. The van der Waals surface area contributed by atoms with Crippen molar-refractivity contribution in [1.29, 1.82) is 0 Å². The summed E-state index contributed by atoms with van der Waals surface area (Å²) in [5.41, 5.74) is 3.09. The van der Waals surface area contributed by atoms with Crippen molar-refractivity contribution in [3.8, 4) is 0 Å². The Kier molecular flexibility index (Phi) is 2.25. The van der Waals surface area contributed by atoms with E-state index in [9.17, 15) is 5.11 Å². The molecule has 3 heteroatoms. The molecule has 0 bridgehead atoms. The van der Waals surface area contributed by atoms with Crippen molar-refractivity contribution >= 4 is 11.4 Å². The van der Waals surface area contributed by atoms with Gasteiger partial charge in [0.05, 0.1) is 5.69 Å². The Morgan fingerprint density at radius 3 is 2.64 bits per heavy atom. The molecule has 2 rings (SSSR count). The number of hydrazone groups is 1. The second-order valence-corrected chi connectivity index (χ2v) is 3.65. The summed E-state index contributed by atoms with van der Waals surface area (Å²) < 4.78 is 0. The van der Waals surface area contributed by atoms with Gasteiger partial charge in [0, 0.05) is 12.1 Å². The van der Waals surface area contributed by atoms with E-state index in [4.69, 9.17) is 0 Å². The molecular formula is C11H14N2O. The van der Waals surface area contributed by atoms with E-state index < -0.39 is 6.23 Å². The molecule has 1 aliphatic heterocycles. The van der Waals surface area contributed by atoms with Crippen molar-refractivity contribution in [3.05, 3.63) is 29.8 Å². The van der Waals surface area contributed by atoms with Crippen molar-refractivity contribution in [2.45, 2.75) is 26.5 Å². The Labute approximate surface area is 83.7 Å². The number of benzene rings is 1. The van der Waals surface area contributed by atoms with Gasteiger partial charge in [0.25, 0.3) is 0 Å². The van der Waals surface area contributed by atoms with Crippen molar-refractivity contribution in [2.75, 3.05) is 5.01 Å². The Balaban J connectivity index is 2.36. The van der Waals surface area contributed by atoms with Crippen LogP contribution in [0, 0.1) is 6.92 Å². The molecule has 1 heterocycles. The molecule has 0 saturated carbocycles. The Morgan fingerprint density at radius 1 is 1.36 bits per heavy atom. The normalized spacial score (nSPS) is 21.2. The van der Waals surface area contributed by atoms with E-state index in [1.54, 1.807) is 5.01 Å². The van der Waals surface area contributed by atoms with E-state index in [2.05, 4.69) is 5.10 Å². The molecule has 1 atom stereocenters. The Bertz CT molecular complexity index is 373. The van der Waals surface area contributed by atoms with Gasteiger partial charge in [-0.05, 0) is 25.5 Å². The van der Waals surface area contributed by atoms with E-state index in [0.717, 1.165) is 17.0 Å². The highest BCUT2D eigenvalue weighted by Crippen LogP contribution is 2.25. The summed E-state index contributed by atoms with van der Waals surface area (Å²) in [5, 5.41) is 15.7. The van der Waals surface area contributed by atoms with Crippen molar-refractivity contribution < 1.29 is 5.11 Å². The third kappa shape index (κ3) is 1.51. The second kappa shape index (κ2) is 3.42. The fourth-order valence-electron chi connectivity index (χ4n) is 1.68. The van der Waals surface area contributed by atoms with Crippen molar-refractivity contribution in [3.63, 3.8) is 0 Å². The predicted octanol–water partition coefficient (Wildman–Crippen LogP) is 1.90. The van der Waals surface area contributed by atoms with Gasteiger partial charge in [-0.25, -0.2) is 5.01 Å². The maximum atomic E-state index is 9.75. The van der Waals surface area contributed by atoms with Gasteiger partial charge in [0.1, 0.15) is 0 Å². The van der Waals surface area contributed by atoms with Gasteiger partial charge in [-0.1, -0.05) is 18.2 Å². The van der Waals surface area contributed by atoms with E-state index in [1.807, 2.05) is 38.1 Å². The highest BCUT2D eigenvalue weighted by Gasteiger charge is 2.23. The molecule has 1 aromatic rings. The van der Waals surface area contributed by atoms with Crippen LogP contribution in [0.3, 0.4) is 0 Å². The van der Waals surface area contributed by atoms with Gasteiger partial charge in [0.15, 0.2) is 6.23 Å². The molecule has 0 aromatic heterocycles. The topological polar surface area (TPSA) is 35.8 Å². The van der Waals surface area contributed by atoms with Crippen molar-refractivity contribution in [1.82, 2.24) is 0 Å². The lowest BCUT2D eigenvalue weighted by Gasteiger charge is -2.20. The second-order valence-electron chi connectivity index (χ2n) is 3.65. The molecule has 1 aromatic carbocycles. The van der Waals surface area contributed by atoms with Gasteiger partial charge < -0.3 is 5.11 Å². The number of anilines is 1. The average molecular weight is 190 g/mol. The van der Waals surface area contributed by atoms with Crippen LogP contribution in [0.1, 0.15) is 18.9 Å². The van der Waals surface area contributed by atoms with E-state index in [-0.39, 0.29) is 0 Å². The first-order valence-electron chi connectivity index (χ1n) is 4.75. The smallest absolute Gasteiger partial charge is 0.152 e. The number of rotatable bonds is 1. The molecule has 0 amide bonds. The summed E-state index contributed by atoms with van der Waals surface area (Å²) in [4.78, 5) is 0. The van der Waals surface area contributed by atoms with Gasteiger partial charge in [-0.3, -0.25) is 0 Å². The molecule has 74 valence electrons. The number of para-hydroxylation sites is 1. The Hall–Kier alpha value is -1.35. The number of nitrogens with zero attached hydrogens (tertiary/aromatic N) is 2. The summed E-state index contributed by atoms with van der Waals surface area (Å²) in [5.74, 6) is 0. The van der Waals surface area contributed by atoms with Crippen LogP contribution in [0.15, 0.2) is 29.4 Å². The van der Waals surface area contributed by atoms with E-state index in [1.165, 1.54) is 0 Å². The lowest BCUT2D eigenvalue weighted by atomic mass is 10.2. The number of aliphatic hydroxyl groups excluding tert-OH is 1. The number of aryl methyl sites for hydroxylation is 1. The summed E-state index contributed by atoms with van der Waals surface area (Å²) in [6, 6.07) is 7.93. The summed E-state index contributed by atoms with van der Waals surface area (Å²) in [6.45, 7) is 3.95. The molecule has 0 saturated heterocycles. The number of hydrogen-bond acceptors (Lipinski definition) is 3. The minimum atomic E-state index is -0.504. The van der Waals surface area contributed by atoms with Crippen LogP contribution in [0.4, 0.5) is 5.69 Å². The highest BCUT2D eigenvalue weighted by molar-refractivity contribution is 5.86. The molecule has 1 N–H and O–H groups in total. The summed E-state index contributed by atoms with van der Waals surface area (Å²) in [7, 11) is 0. The molecule has 14 heavy (non-hydrogen) atoms. The van der Waals surface area contributed by atoms with Crippen molar-refractivity contribution in [2.24, 2.45) is 5.10 Å². The predicted molar refractivity (Wildman–Crippen MR) is 57.4 cm³/mol. The molecule has 3 nitrogen and oxygen atoms in total. The van der Waals surface area contributed by atoms with Crippen LogP contribution in [-0.4, -0.2) is 17.0 Å². The standard InChI is InChI=1S/C11H14N2O/c1-8-5-3-4-6-10(8)13-11(14)7-9(2)12-13/h3-6,11,14H,7H2,1-2H3. The number of hydrogen-bond donors (Lipinski definition) is 1. The van der Waals surface area contributed by atoms with E-state index in [0.29, 0.717) is 6.42 Å². The maximum absolute atomic E-state index is 9.75. The fraction of sp³-hybridized carbons (Fsp3) is 0.364. The van der Waals surface area contributed by atoms with Crippen LogP contribution in [0.5, 0.6) is 0 Å². The zero-order valence-corrected chi connectivity index (χ0v) is 8.44. The quantitative estimate of drug-likeness (QED) is 0.734. The first-order valence-corrected chi connectivity index (χ1v) is 4.75. The van der Waals surface area contributed by atoms with Gasteiger partial charge in [0.2, 0.25) is 0 Å². The van der Waals surface area contributed by atoms with Gasteiger partial charge >= 0.3 is 0 Å². The highest BCUT2D eigenvalue weighted by atomic mass is 16.3. The van der Waals surface area contributed by atoms with Gasteiger partial charge in [-0.2, -0.15) is 5.10 Å². The largest absolute Gasteiger partial charge is 0.371 e. The monoisotopic (exact) mass is 190 g/mol. The first-order chi connectivity index (χ1) is 6.68. The fourth-order valence-corrected chi connectivity index (χ4v) is 1.68. The third-order valence-corrected chi connectivity index (χ3v) is 2.40. The minimum Gasteiger partial charge on any atom is -0.371 e. The van der Waals surface area contributed by atoms with Gasteiger partial charge in [-0.15, -0.1) is 0 Å². The molecule has 0 spiro atoms. The molecule has 1 aliphatic rings. The lowest BCUT2D eigenvalue weighted by molar-refractivity contribution is 0.186. The molecule has 1 unspecified atom stereocenters. The average Bonchev–Trinajstić information content (AvgIpc) is 2.46. The molecule has 0 radical (unpaired) electrons. The zero-order valence-electron chi connectivity index (χ0n) is 8.44. The summed E-state index contributed by atoms with van der Waals surface area (Å²) >= 11 is 0. The molecular weight excluding hydrogens is 176 g/mol. The molecule has 0 aliphatic carbocycles. The number of aliphatic hydroxyl groups is 1. The van der Waals surface area contributed by atoms with E-state index >= 15 is 0 Å². The minimum absolute atomic E-state index is 0.504.